The van der Waals surface area contributed by atoms with Crippen LogP contribution >= 0.6 is 0 Å². The Morgan fingerprint density at radius 1 is 1.22 bits per heavy atom. The fourth-order valence-electron chi connectivity index (χ4n) is 4.32. The van der Waals surface area contributed by atoms with E-state index in [9.17, 15) is 4.79 Å². The van der Waals surface area contributed by atoms with Crippen LogP contribution in [0.3, 0.4) is 0 Å². The number of carbonyl (C=O) groups is 1. The smallest absolute Gasteiger partial charge is 0.227 e. The molecule has 3 heterocycles. The minimum Gasteiger partial charge on any atom is -0.332 e. The van der Waals surface area contributed by atoms with Crippen LogP contribution in [0.1, 0.15) is 68.1 Å². The Bertz CT molecular complexity index is 824. The zero-order valence-corrected chi connectivity index (χ0v) is 16.1. The van der Waals surface area contributed by atoms with Crippen LogP contribution in [0, 0.1) is 6.92 Å². The summed E-state index contributed by atoms with van der Waals surface area (Å²) in [5.74, 6) is 1.29. The number of allylic oxidation sites excluding steroid dienone is 1. The molecular weight excluding hydrogens is 336 g/mol. The lowest BCUT2D eigenvalue weighted by Gasteiger charge is -2.26. The summed E-state index contributed by atoms with van der Waals surface area (Å²) in [6.45, 7) is 3.71. The maximum absolute atomic E-state index is 13.0. The Balaban J connectivity index is 1.53. The van der Waals surface area contributed by atoms with Gasteiger partial charge in [-0.3, -0.25) is 9.78 Å². The predicted molar refractivity (Wildman–Crippen MR) is 105 cm³/mol. The van der Waals surface area contributed by atoms with E-state index in [1.165, 1.54) is 24.0 Å². The van der Waals surface area contributed by atoms with E-state index < -0.39 is 0 Å². The number of rotatable bonds is 5. The molecule has 1 unspecified atom stereocenters. The summed E-state index contributed by atoms with van der Waals surface area (Å²) in [7, 11) is 0. The predicted octanol–water partition coefficient (Wildman–Crippen LogP) is 4.19. The third kappa shape index (κ3) is 3.97. The largest absolute Gasteiger partial charge is 0.332 e. The van der Waals surface area contributed by atoms with Gasteiger partial charge in [-0.2, -0.15) is 0 Å². The molecule has 142 valence electrons. The van der Waals surface area contributed by atoms with Crippen molar-refractivity contribution in [3.05, 3.63) is 59.5 Å². The van der Waals surface area contributed by atoms with Crippen LogP contribution in [-0.4, -0.2) is 31.9 Å². The van der Waals surface area contributed by atoms with Crippen molar-refractivity contribution in [2.45, 2.75) is 64.5 Å². The molecule has 1 saturated heterocycles. The Morgan fingerprint density at radius 2 is 2.07 bits per heavy atom. The molecule has 0 saturated carbocycles. The fourth-order valence-corrected chi connectivity index (χ4v) is 4.32. The highest BCUT2D eigenvalue weighted by molar-refractivity contribution is 5.79. The minimum atomic E-state index is 0.0947. The number of aryl methyl sites for hydroxylation is 1. The minimum absolute atomic E-state index is 0.0947. The van der Waals surface area contributed by atoms with E-state index in [1.54, 1.807) is 0 Å². The summed E-state index contributed by atoms with van der Waals surface area (Å²) < 4.78 is 2.26. The van der Waals surface area contributed by atoms with Crippen LogP contribution in [0.5, 0.6) is 0 Å². The maximum atomic E-state index is 13.0. The van der Waals surface area contributed by atoms with Gasteiger partial charge in [0.25, 0.3) is 0 Å². The SMILES string of the molecule is Cc1cnc(C2CCCN2C(=O)CC2=CCCCC2)n1Cc1ccncc1. The highest BCUT2D eigenvalue weighted by atomic mass is 16.2. The van der Waals surface area contributed by atoms with Crippen molar-refractivity contribution in [3.8, 4) is 0 Å². The normalized spacial score (nSPS) is 20.0. The van der Waals surface area contributed by atoms with Crippen LogP contribution in [0.15, 0.2) is 42.4 Å². The van der Waals surface area contributed by atoms with E-state index in [-0.39, 0.29) is 11.9 Å². The molecule has 5 nitrogen and oxygen atoms in total. The van der Waals surface area contributed by atoms with Gasteiger partial charge in [-0.15, -0.1) is 0 Å². The van der Waals surface area contributed by atoms with E-state index in [2.05, 4.69) is 27.5 Å². The van der Waals surface area contributed by atoms with E-state index in [0.717, 1.165) is 50.3 Å². The summed E-state index contributed by atoms with van der Waals surface area (Å²) in [5, 5.41) is 0. The van der Waals surface area contributed by atoms with Gasteiger partial charge in [-0.1, -0.05) is 11.6 Å². The van der Waals surface area contributed by atoms with E-state index in [0.29, 0.717) is 6.42 Å². The monoisotopic (exact) mass is 364 g/mol. The van der Waals surface area contributed by atoms with Gasteiger partial charge < -0.3 is 9.47 Å². The molecule has 0 bridgehead atoms. The van der Waals surface area contributed by atoms with Crippen LogP contribution in [0.25, 0.3) is 0 Å². The molecule has 1 aliphatic heterocycles. The quantitative estimate of drug-likeness (QED) is 0.748. The molecule has 4 rings (SSSR count). The Hall–Kier alpha value is -2.43. The van der Waals surface area contributed by atoms with Crippen molar-refractivity contribution in [2.75, 3.05) is 6.54 Å². The summed E-state index contributed by atoms with van der Waals surface area (Å²) in [5.41, 5.74) is 3.67. The van der Waals surface area contributed by atoms with Crippen molar-refractivity contribution < 1.29 is 4.79 Å². The number of hydrogen-bond acceptors (Lipinski definition) is 3. The van der Waals surface area contributed by atoms with Gasteiger partial charge in [-0.05, 0) is 63.1 Å². The van der Waals surface area contributed by atoms with Gasteiger partial charge >= 0.3 is 0 Å². The summed E-state index contributed by atoms with van der Waals surface area (Å²) in [4.78, 5) is 23.9. The fraction of sp³-hybridized carbons (Fsp3) is 0.500. The molecule has 27 heavy (non-hydrogen) atoms. The van der Waals surface area contributed by atoms with Gasteiger partial charge in [0.15, 0.2) is 0 Å². The number of carbonyl (C=O) groups excluding carboxylic acids is 1. The molecule has 0 N–H and O–H groups in total. The lowest BCUT2D eigenvalue weighted by Crippen LogP contribution is -2.32. The number of nitrogens with zero attached hydrogens (tertiary/aromatic N) is 4. The molecule has 1 aliphatic carbocycles. The van der Waals surface area contributed by atoms with E-state index >= 15 is 0 Å². The first-order valence-electron chi connectivity index (χ1n) is 10.1. The molecule has 2 aromatic rings. The molecule has 0 aromatic carbocycles. The molecule has 1 atom stereocenters. The molecule has 0 spiro atoms. The molecule has 0 radical (unpaired) electrons. The second kappa shape index (κ2) is 8.07. The molecule has 1 amide bonds. The van der Waals surface area contributed by atoms with Gasteiger partial charge in [0.1, 0.15) is 5.82 Å². The second-order valence-corrected chi connectivity index (χ2v) is 7.73. The Labute approximate surface area is 161 Å². The summed E-state index contributed by atoms with van der Waals surface area (Å²) in [6, 6.07) is 4.17. The van der Waals surface area contributed by atoms with Crippen LogP contribution in [0.4, 0.5) is 0 Å². The molecule has 1 fully saturated rings. The van der Waals surface area contributed by atoms with Crippen molar-refractivity contribution in [3.63, 3.8) is 0 Å². The van der Waals surface area contributed by atoms with Crippen LogP contribution < -0.4 is 0 Å². The first kappa shape index (κ1) is 18.0. The van der Waals surface area contributed by atoms with Crippen molar-refractivity contribution in [1.29, 1.82) is 0 Å². The standard InChI is InChI=1S/C22H28N4O/c1-17-15-24-22(26(17)16-19-9-11-23-12-10-19)20-8-5-13-25(20)21(27)14-18-6-3-2-4-7-18/h6,9-12,15,20H,2-5,7-8,13-14,16H2,1H3. The summed E-state index contributed by atoms with van der Waals surface area (Å²) in [6.07, 6.45) is 15.2. The zero-order valence-electron chi connectivity index (χ0n) is 16.1. The van der Waals surface area contributed by atoms with Gasteiger partial charge in [0.2, 0.25) is 5.91 Å². The van der Waals surface area contributed by atoms with Crippen LogP contribution in [0.2, 0.25) is 0 Å². The van der Waals surface area contributed by atoms with E-state index in [1.807, 2.05) is 30.7 Å². The first-order valence-corrected chi connectivity index (χ1v) is 10.1. The highest BCUT2D eigenvalue weighted by Crippen LogP contribution is 2.33. The number of pyridine rings is 1. The van der Waals surface area contributed by atoms with Crippen LogP contribution in [-0.2, 0) is 11.3 Å². The second-order valence-electron chi connectivity index (χ2n) is 7.73. The molecule has 2 aromatic heterocycles. The van der Waals surface area contributed by atoms with Crippen molar-refractivity contribution in [2.24, 2.45) is 0 Å². The molecule has 2 aliphatic rings. The third-order valence-corrected chi connectivity index (χ3v) is 5.81. The number of aromatic nitrogens is 3. The highest BCUT2D eigenvalue weighted by Gasteiger charge is 2.33. The van der Waals surface area contributed by atoms with Gasteiger partial charge in [0, 0.05) is 43.8 Å². The lowest BCUT2D eigenvalue weighted by atomic mass is 9.96. The Morgan fingerprint density at radius 3 is 2.85 bits per heavy atom. The van der Waals surface area contributed by atoms with E-state index in [4.69, 9.17) is 4.98 Å². The number of likely N-dealkylation sites (tertiary alicyclic amines) is 1. The van der Waals surface area contributed by atoms with Gasteiger partial charge in [0.05, 0.1) is 6.04 Å². The average molecular weight is 364 g/mol. The Kier molecular flexibility index (Phi) is 5.37. The topological polar surface area (TPSA) is 51.0 Å². The first-order chi connectivity index (χ1) is 13.2. The third-order valence-electron chi connectivity index (χ3n) is 5.81. The van der Waals surface area contributed by atoms with Gasteiger partial charge in [-0.25, -0.2) is 4.98 Å². The average Bonchev–Trinajstić information content (AvgIpc) is 3.31. The number of hydrogen-bond donors (Lipinski definition) is 0. The lowest BCUT2D eigenvalue weighted by molar-refractivity contribution is -0.131. The maximum Gasteiger partial charge on any atom is 0.227 e. The molecule has 5 heteroatoms. The number of imidazole rings is 1. The zero-order chi connectivity index (χ0) is 18.6. The van der Waals surface area contributed by atoms with Crippen molar-refractivity contribution in [1.82, 2.24) is 19.4 Å². The summed E-state index contributed by atoms with van der Waals surface area (Å²) >= 11 is 0. The number of amides is 1. The molecular formula is C22H28N4O. The van der Waals surface area contributed by atoms with Crippen molar-refractivity contribution >= 4 is 5.91 Å².